The Bertz CT molecular complexity index is 385. The van der Waals surface area contributed by atoms with E-state index in [9.17, 15) is 0 Å². The molecular formula is C16H31N3S. The summed E-state index contributed by atoms with van der Waals surface area (Å²) in [5, 5.41) is 4.67. The van der Waals surface area contributed by atoms with Crippen LogP contribution in [0.3, 0.4) is 0 Å². The second-order valence-corrected chi connectivity index (χ2v) is 7.30. The molecule has 116 valence electrons. The second kappa shape index (κ2) is 8.63. The average Bonchev–Trinajstić information content (AvgIpc) is 2.80. The SMILES string of the molecule is CCCNCc1sc(N(C)CCC(C)C)nc1C(C)C. The first-order valence-corrected chi connectivity index (χ1v) is 8.68. The normalized spacial score (nSPS) is 11.6. The molecule has 3 nitrogen and oxygen atoms in total. The third kappa shape index (κ3) is 5.41. The van der Waals surface area contributed by atoms with Gasteiger partial charge in [0, 0.05) is 25.0 Å². The summed E-state index contributed by atoms with van der Waals surface area (Å²) in [4.78, 5) is 8.58. The van der Waals surface area contributed by atoms with Crippen LogP contribution in [0.15, 0.2) is 0 Å². The van der Waals surface area contributed by atoms with Gasteiger partial charge in [-0.1, -0.05) is 34.6 Å². The van der Waals surface area contributed by atoms with E-state index in [-0.39, 0.29) is 0 Å². The molecule has 0 fully saturated rings. The molecule has 1 N–H and O–H groups in total. The molecule has 1 aromatic rings. The van der Waals surface area contributed by atoms with E-state index in [1.807, 2.05) is 11.3 Å². The lowest BCUT2D eigenvalue weighted by Gasteiger charge is -2.16. The van der Waals surface area contributed by atoms with Crippen molar-refractivity contribution < 1.29 is 0 Å². The summed E-state index contributed by atoms with van der Waals surface area (Å²) in [5.74, 6) is 1.24. The highest BCUT2D eigenvalue weighted by Crippen LogP contribution is 2.30. The Balaban J connectivity index is 2.74. The summed E-state index contributed by atoms with van der Waals surface area (Å²) in [6.07, 6.45) is 2.40. The van der Waals surface area contributed by atoms with Gasteiger partial charge in [-0.05, 0) is 31.2 Å². The summed E-state index contributed by atoms with van der Waals surface area (Å²) in [6.45, 7) is 14.3. The van der Waals surface area contributed by atoms with Crippen LogP contribution in [-0.4, -0.2) is 25.1 Å². The van der Waals surface area contributed by atoms with E-state index in [1.54, 1.807) is 0 Å². The number of thiazole rings is 1. The maximum atomic E-state index is 4.87. The molecule has 1 rings (SSSR count). The van der Waals surface area contributed by atoms with Gasteiger partial charge in [0.05, 0.1) is 5.69 Å². The fourth-order valence-corrected chi connectivity index (χ4v) is 3.19. The summed E-state index contributed by atoms with van der Waals surface area (Å²) >= 11 is 1.85. The van der Waals surface area contributed by atoms with Gasteiger partial charge in [-0.2, -0.15) is 0 Å². The second-order valence-electron chi connectivity index (χ2n) is 6.24. The minimum atomic E-state index is 0.497. The number of nitrogens with one attached hydrogen (secondary N) is 1. The van der Waals surface area contributed by atoms with Gasteiger partial charge in [0.15, 0.2) is 5.13 Å². The van der Waals surface area contributed by atoms with Gasteiger partial charge in [-0.25, -0.2) is 4.98 Å². The van der Waals surface area contributed by atoms with Crippen molar-refractivity contribution in [1.29, 1.82) is 0 Å². The maximum absolute atomic E-state index is 4.87. The van der Waals surface area contributed by atoms with E-state index < -0.39 is 0 Å². The Morgan fingerprint density at radius 3 is 2.50 bits per heavy atom. The topological polar surface area (TPSA) is 28.2 Å². The van der Waals surface area contributed by atoms with Gasteiger partial charge in [0.25, 0.3) is 0 Å². The fourth-order valence-electron chi connectivity index (χ4n) is 2.02. The molecule has 0 aliphatic carbocycles. The highest BCUT2D eigenvalue weighted by Gasteiger charge is 2.16. The molecule has 1 heterocycles. The molecule has 0 amide bonds. The number of aromatic nitrogens is 1. The molecule has 4 heteroatoms. The Kier molecular flexibility index (Phi) is 7.52. The van der Waals surface area contributed by atoms with E-state index in [0.717, 1.165) is 25.6 Å². The zero-order valence-electron chi connectivity index (χ0n) is 14.0. The van der Waals surface area contributed by atoms with Crippen molar-refractivity contribution in [2.75, 3.05) is 25.0 Å². The Morgan fingerprint density at radius 2 is 1.95 bits per heavy atom. The summed E-state index contributed by atoms with van der Waals surface area (Å²) in [5.41, 5.74) is 1.27. The average molecular weight is 298 g/mol. The Labute approximate surface area is 128 Å². The zero-order valence-corrected chi connectivity index (χ0v) is 14.8. The van der Waals surface area contributed by atoms with E-state index in [1.165, 1.54) is 28.5 Å². The summed E-state index contributed by atoms with van der Waals surface area (Å²) in [7, 11) is 2.16. The van der Waals surface area contributed by atoms with E-state index in [4.69, 9.17) is 4.98 Å². The van der Waals surface area contributed by atoms with Crippen LogP contribution in [0.1, 0.15) is 63.9 Å². The lowest BCUT2D eigenvalue weighted by molar-refractivity contribution is 0.584. The van der Waals surface area contributed by atoms with Crippen molar-refractivity contribution >= 4 is 16.5 Å². The summed E-state index contributed by atoms with van der Waals surface area (Å²) < 4.78 is 0. The van der Waals surface area contributed by atoms with Crippen LogP contribution < -0.4 is 10.2 Å². The third-order valence-electron chi connectivity index (χ3n) is 3.34. The molecule has 1 aromatic heterocycles. The Morgan fingerprint density at radius 1 is 1.25 bits per heavy atom. The first-order chi connectivity index (χ1) is 9.45. The number of anilines is 1. The standard InChI is InChI=1S/C16H31N3S/c1-7-9-17-11-14-15(13(4)5)18-16(20-14)19(6)10-8-12(2)3/h12-13,17H,7-11H2,1-6H3. The van der Waals surface area contributed by atoms with Crippen LogP contribution in [0, 0.1) is 5.92 Å². The molecule has 0 spiro atoms. The molecule has 0 aromatic carbocycles. The molecule has 0 radical (unpaired) electrons. The quantitative estimate of drug-likeness (QED) is 0.691. The van der Waals surface area contributed by atoms with Crippen LogP contribution in [0.2, 0.25) is 0 Å². The lowest BCUT2D eigenvalue weighted by Crippen LogP contribution is -2.19. The minimum absolute atomic E-state index is 0.497. The molecule has 0 aliphatic rings. The number of rotatable bonds is 9. The molecule has 0 unspecified atom stereocenters. The van der Waals surface area contributed by atoms with Crippen molar-refractivity contribution in [2.24, 2.45) is 5.92 Å². The maximum Gasteiger partial charge on any atom is 0.185 e. The smallest absolute Gasteiger partial charge is 0.185 e. The van der Waals surface area contributed by atoms with Crippen molar-refractivity contribution in [3.05, 3.63) is 10.6 Å². The van der Waals surface area contributed by atoms with E-state index >= 15 is 0 Å². The number of hydrogen-bond donors (Lipinski definition) is 1. The fraction of sp³-hybridized carbons (Fsp3) is 0.812. The van der Waals surface area contributed by atoms with Crippen molar-refractivity contribution in [3.8, 4) is 0 Å². The molecule has 0 bridgehead atoms. The van der Waals surface area contributed by atoms with E-state index in [0.29, 0.717) is 5.92 Å². The van der Waals surface area contributed by atoms with Crippen molar-refractivity contribution in [2.45, 2.75) is 59.9 Å². The predicted octanol–water partition coefficient (Wildman–Crippen LogP) is 4.25. The third-order valence-corrected chi connectivity index (χ3v) is 4.53. The van der Waals surface area contributed by atoms with Crippen LogP contribution >= 0.6 is 11.3 Å². The number of hydrogen-bond acceptors (Lipinski definition) is 4. The van der Waals surface area contributed by atoms with Crippen LogP contribution in [0.5, 0.6) is 0 Å². The summed E-state index contributed by atoms with van der Waals surface area (Å²) in [6, 6.07) is 0. The highest BCUT2D eigenvalue weighted by atomic mass is 32.1. The largest absolute Gasteiger partial charge is 0.351 e. The van der Waals surface area contributed by atoms with Gasteiger partial charge in [-0.15, -0.1) is 11.3 Å². The van der Waals surface area contributed by atoms with Gasteiger partial charge in [0.1, 0.15) is 0 Å². The van der Waals surface area contributed by atoms with E-state index in [2.05, 4.69) is 51.9 Å². The number of nitrogens with zero attached hydrogens (tertiary/aromatic N) is 2. The molecule has 0 saturated heterocycles. The van der Waals surface area contributed by atoms with Crippen molar-refractivity contribution in [3.63, 3.8) is 0 Å². The minimum Gasteiger partial charge on any atom is -0.351 e. The van der Waals surface area contributed by atoms with Crippen molar-refractivity contribution in [1.82, 2.24) is 10.3 Å². The van der Waals surface area contributed by atoms with Crippen LogP contribution in [0.25, 0.3) is 0 Å². The predicted molar refractivity (Wildman–Crippen MR) is 90.9 cm³/mol. The Hall–Kier alpha value is -0.610. The van der Waals surface area contributed by atoms with Gasteiger partial charge < -0.3 is 10.2 Å². The monoisotopic (exact) mass is 297 g/mol. The first-order valence-electron chi connectivity index (χ1n) is 7.87. The first kappa shape index (κ1) is 17.4. The molecule has 20 heavy (non-hydrogen) atoms. The molecule has 0 aliphatic heterocycles. The zero-order chi connectivity index (χ0) is 15.1. The molecule has 0 saturated carbocycles. The van der Waals surface area contributed by atoms with Crippen LogP contribution in [0.4, 0.5) is 5.13 Å². The lowest BCUT2D eigenvalue weighted by atomic mass is 10.1. The van der Waals surface area contributed by atoms with Gasteiger partial charge in [-0.3, -0.25) is 0 Å². The van der Waals surface area contributed by atoms with Gasteiger partial charge in [0.2, 0.25) is 0 Å². The highest BCUT2D eigenvalue weighted by molar-refractivity contribution is 7.15. The molecular weight excluding hydrogens is 266 g/mol. The molecule has 0 atom stereocenters. The van der Waals surface area contributed by atoms with Gasteiger partial charge >= 0.3 is 0 Å². The van der Waals surface area contributed by atoms with Crippen LogP contribution in [-0.2, 0) is 6.54 Å².